The van der Waals surface area contributed by atoms with E-state index in [0.29, 0.717) is 23.9 Å². The average molecular weight is 286 g/mol. The molecule has 4 nitrogen and oxygen atoms in total. The number of benzene rings is 1. The topological polar surface area (TPSA) is 38.8 Å². The van der Waals surface area contributed by atoms with Crippen LogP contribution in [0.25, 0.3) is 0 Å². The second-order valence-electron chi connectivity index (χ2n) is 4.32. The first-order valence-corrected chi connectivity index (χ1v) is 6.58. The largest absolute Gasteiger partial charge is 0.481 e. The van der Waals surface area contributed by atoms with Crippen LogP contribution in [0.15, 0.2) is 24.3 Å². The van der Waals surface area contributed by atoms with E-state index < -0.39 is 6.10 Å². The first-order chi connectivity index (χ1) is 9.04. The molecule has 1 rings (SSSR count). The Hall–Kier alpha value is -1.26. The lowest BCUT2D eigenvalue weighted by Gasteiger charge is -2.22. The van der Waals surface area contributed by atoms with Gasteiger partial charge in [0.25, 0.3) is 5.91 Å². The van der Waals surface area contributed by atoms with Gasteiger partial charge in [-0.15, -0.1) is 0 Å². The van der Waals surface area contributed by atoms with Crippen LogP contribution in [0.3, 0.4) is 0 Å². The Morgan fingerprint density at radius 1 is 1.37 bits per heavy atom. The summed E-state index contributed by atoms with van der Waals surface area (Å²) in [4.78, 5) is 13.7. The molecule has 0 spiro atoms. The number of likely N-dealkylation sites (N-methyl/N-ethyl adjacent to an activating group) is 1. The van der Waals surface area contributed by atoms with Gasteiger partial charge in [-0.3, -0.25) is 4.79 Å². The molecule has 0 saturated heterocycles. The lowest BCUT2D eigenvalue weighted by Crippen LogP contribution is -2.38. The molecule has 0 heterocycles. The summed E-state index contributed by atoms with van der Waals surface area (Å²) in [6, 6.07) is 6.96. The van der Waals surface area contributed by atoms with Crippen LogP contribution < -0.4 is 4.74 Å². The molecule has 1 aromatic rings. The highest BCUT2D eigenvalue weighted by molar-refractivity contribution is 6.30. The highest BCUT2D eigenvalue weighted by Gasteiger charge is 2.18. The third-order valence-corrected chi connectivity index (χ3v) is 2.94. The maximum atomic E-state index is 12.0. The summed E-state index contributed by atoms with van der Waals surface area (Å²) in [5.74, 6) is 0.585. The van der Waals surface area contributed by atoms with E-state index in [-0.39, 0.29) is 5.91 Å². The molecule has 1 amide bonds. The van der Waals surface area contributed by atoms with Gasteiger partial charge in [0, 0.05) is 32.3 Å². The number of halogens is 1. The maximum Gasteiger partial charge on any atom is 0.263 e. The van der Waals surface area contributed by atoms with Crippen LogP contribution in [0.1, 0.15) is 13.3 Å². The van der Waals surface area contributed by atoms with Crippen molar-refractivity contribution in [3.8, 4) is 5.75 Å². The molecule has 1 aromatic carbocycles. The minimum absolute atomic E-state index is 0.0500. The summed E-state index contributed by atoms with van der Waals surface area (Å²) in [5.41, 5.74) is 0. The third kappa shape index (κ3) is 5.49. The molecule has 0 saturated carbocycles. The van der Waals surface area contributed by atoms with Gasteiger partial charge in [0.2, 0.25) is 0 Å². The van der Waals surface area contributed by atoms with E-state index in [4.69, 9.17) is 21.1 Å². The van der Waals surface area contributed by atoms with Crippen LogP contribution >= 0.6 is 11.6 Å². The summed E-state index contributed by atoms with van der Waals surface area (Å²) in [6.45, 7) is 3.04. The zero-order valence-corrected chi connectivity index (χ0v) is 12.3. The van der Waals surface area contributed by atoms with Crippen molar-refractivity contribution in [3.05, 3.63) is 29.3 Å². The van der Waals surface area contributed by atoms with E-state index in [1.807, 2.05) is 0 Å². The zero-order chi connectivity index (χ0) is 14.3. The Balaban J connectivity index is 2.45. The second kappa shape index (κ2) is 8.02. The molecule has 19 heavy (non-hydrogen) atoms. The van der Waals surface area contributed by atoms with E-state index in [9.17, 15) is 4.79 Å². The first-order valence-electron chi connectivity index (χ1n) is 6.20. The fourth-order valence-corrected chi connectivity index (χ4v) is 1.76. The van der Waals surface area contributed by atoms with E-state index in [0.717, 1.165) is 6.42 Å². The molecule has 0 aliphatic heterocycles. The van der Waals surface area contributed by atoms with Crippen LogP contribution in [-0.2, 0) is 9.53 Å². The molecule has 5 heteroatoms. The highest BCUT2D eigenvalue weighted by Crippen LogP contribution is 2.17. The van der Waals surface area contributed by atoms with Crippen LogP contribution in [0, 0.1) is 0 Å². The van der Waals surface area contributed by atoms with E-state index in [1.54, 1.807) is 50.2 Å². The van der Waals surface area contributed by atoms with E-state index in [2.05, 4.69) is 0 Å². The lowest BCUT2D eigenvalue weighted by atomic mass is 10.3. The number of hydrogen-bond acceptors (Lipinski definition) is 3. The quantitative estimate of drug-likeness (QED) is 0.723. The molecule has 0 radical (unpaired) electrons. The van der Waals surface area contributed by atoms with Crippen molar-refractivity contribution < 1.29 is 14.3 Å². The molecule has 0 N–H and O–H groups in total. The normalized spacial score (nSPS) is 12.0. The Labute approximate surface area is 119 Å². The number of nitrogens with zero attached hydrogens (tertiary/aromatic N) is 1. The van der Waals surface area contributed by atoms with Crippen molar-refractivity contribution in [2.24, 2.45) is 0 Å². The van der Waals surface area contributed by atoms with Gasteiger partial charge in [-0.2, -0.15) is 0 Å². The highest BCUT2D eigenvalue weighted by atomic mass is 35.5. The van der Waals surface area contributed by atoms with Gasteiger partial charge in [-0.05, 0) is 37.6 Å². The fourth-order valence-electron chi connectivity index (χ4n) is 1.63. The predicted molar refractivity (Wildman–Crippen MR) is 75.7 cm³/mol. The van der Waals surface area contributed by atoms with Gasteiger partial charge in [0.1, 0.15) is 5.75 Å². The Kier molecular flexibility index (Phi) is 6.67. The summed E-state index contributed by atoms with van der Waals surface area (Å²) in [5, 5.41) is 0.642. The third-order valence-electron chi connectivity index (χ3n) is 2.69. The monoisotopic (exact) mass is 285 g/mol. The van der Waals surface area contributed by atoms with Crippen molar-refractivity contribution in [1.82, 2.24) is 4.90 Å². The van der Waals surface area contributed by atoms with Crippen LogP contribution in [0.2, 0.25) is 5.02 Å². The number of ether oxygens (including phenoxy) is 2. The summed E-state index contributed by atoms with van der Waals surface area (Å²) in [6.07, 6.45) is 0.292. The molecular weight excluding hydrogens is 266 g/mol. The molecule has 0 bridgehead atoms. The molecule has 0 fully saturated rings. The van der Waals surface area contributed by atoms with Crippen LogP contribution in [0.5, 0.6) is 5.75 Å². The maximum absolute atomic E-state index is 12.0. The molecule has 0 unspecified atom stereocenters. The summed E-state index contributed by atoms with van der Waals surface area (Å²) >= 11 is 5.79. The van der Waals surface area contributed by atoms with Crippen molar-refractivity contribution in [2.75, 3.05) is 27.3 Å². The molecule has 0 aliphatic rings. The number of carbonyl (C=O) groups excluding carboxylic acids is 1. The van der Waals surface area contributed by atoms with E-state index in [1.165, 1.54) is 0 Å². The molecular formula is C14H20ClNO3. The smallest absolute Gasteiger partial charge is 0.263 e. The zero-order valence-electron chi connectivity index (χ0n) is 11.6. The number of methoxy groups -OCH3 is 1. The van der Waals surface area contributed by atoms with E-state index >= 15 is 0 Å². The van der Waals surface area contributed by atoms with Crippen molar-refractivity contribution in [2.45, 2.75) is 19.4 Å². The minimum Gasteiger partial charge on any atom is -0.481 e. The van der Waals surface area contributed by atoms with Gasteiger partial charge in [0.15, 0.2) is 6.10 Å². The van der Waals surface area contributed by atoms with Gasteiger partial charge in [-0.1, -0.05) is 11.6 Å². The Bertz CT molecular complexity index is 394. The van der Waals surface area contributed by atoms with Gasteiger partial charge >= 0.3 is 0 Å². The molecule has 106 valence electrons. The van der Waals surface area contributed by atoms with Crippen molar-refractivity contribution in [1.29, 1.82) is 0 Å². The summed E-state index contributed by atoms with van der Waals surface area (Å²) in [7, 11) is 3.41. The van der Waals surface area contributed by atoms with Crippen molar-refractivity contribution >= 4 is 17.5 Å². The molecule has 0 aromatic heterocycles. The lowest BCUT2D eigenvalue weighted by molar-refractivity contribution is -0.136. The Morgan fingerprint density at radius 3 is 2.58 bits per heavy atom. The van der Waals surface area contributed by atoms with Gasteiger partial charge in [-0.25, -0.2) is 0 Å². The van der Waals surface area contributed by atoms with Gasteiger partial charge in [0.05, 0.1) is 0 Å². The standard InChI is InChI=1S/C14H20ClNO3/c1-11(14(17)16(2)9-4-10-18-3)19-13-7-5-12(15)6-8-13/h5-8,11H,4,9-10H2,1-3H3/t11-/m0/s1. The Morgan fingerprint density at radius 2 is 2.00 bits per heavy atom. The van der Waals surface area contributed by atoms with Crippen molar-refractivity contribution in [3.63, 3.8) is 0 Å². The van der Waals surface area contributed by atoms with Gasteiger partial charge < -0.3 is 14.4 Å². The van der Waals surface area contributed by atoms with Crippen LogP contribution in [0.4, 0.5) is 0 Å². The number of hydrogen-bond donors (Lipinski definition) is 0. The molecule has 1 atom stereocenters. The summed E-state index contributed by atoms with van der Waals surface area (Å²) < 4.78 is 10.5. The first kappa shape index (κ1) is 15.8. The average Bonchev–Trinajstić information content (AvgIpc) is 2.40. The number of amides is 1. The second-order valence-corrected chi connectivity index (χ2v) is 4.76. The van der Waals surface area contributed by atoms with Crippen LogP contribution in [-0.4, -0.2) is 44.2 Å². The minimum atomic E-state index is -0.520. The predicted octanol–water partition coefficient (Wildman–Crippen LogP) is 2.60. The fraction of sp³-hybridized carbons (Fsp3) is 0.500. The molecule has 0 aliphatic carbocycles. The number of carbonyl (C=O) groups is 1. The number of rotatable bonds is 7. The SMILES string of the molecule is COCCCN(C)C(=O)[C@H](C)Oc1ccc(Cl)cc1.